The number of para-hydroxylation sites is 2. The fourth-order valence-corrected chi connectivity index (χ4v) is 2.42. The van der Waals surface area contributed by atoms with Gasteiger partial charge in [0, 0.05) is 0 Å². The van der Waals surface area contributed by atoms with Crippen LogP contribution in [-0.2, 0) is 6.18 Å². The summed E-state index contributed by atoms with van der Waals surface area (Å²) >= 11 is 0. The van der Waals surface area contributed by atoms with Crippen LogP contribution < -0.4 is 14.8 Å². The molecule has 1 aliphatic heterocycles. The van der Waals surface area contributed by atoms with Gasteiger partial charge in [-0.25, -0.2) is 4.98 Å². The Balaban J connectivity index is 1.62. The molecule has 0 saturated carbocycles. The van der Waals surface area contributed by atoms with Gasteiger partial charge in [-0.1, -0.05) is 12.1 Å². The maximum atomic E-state index is 12.6. The summed E-state index contributed by atoms with van der Waals surface area (Å²) in [5.41, 5.74) is -0.925. The molecule has 1 unspecified atom stereocenters. The second-order valence-electron chi connectivity index (χ2n) is 5.53. The number of alkyl halides is 3. The van der Waals surface area contributed by atoms with Crippen molar-refractivity contribution in [2.45, 2.75) is 19.2 Å². The zero-order valence-electron chi connectivity index (χ0n) is 13.3. The third-order valence-corrected chi connectivity index (χ3v) is 3.68. The van der Waals surface area contributed by atoms with Gasteiger partial charge in [0.05, 0.1) is 17.8 Å². The molecule has 1 atom stereocenters. The minimum absolute atomic E-state index is 0.0125. The van der Waals surface area contributed by atoms with Gasteiger partial charge in [-0.15, -0.1) is 0 Å². The molecule has 8 heteroatoms. The molecular weight excluding hydrogens is 337 g/mol. The minimum Gasteiger partial charge on any atom is -0.486 e. The third kappa shape index (κ3) is 3.84. The number of halogens is 3. The number of amides is 1. The highest BCUT2D eigenvalue weighted by molar-refractivity contribution is 5.95. The lowest BCUT2D eigenvalue weighted by molar-refractivity contribution is -0.141. The molecule has 132 valence electrons. The van der Waals surface area contributed by atoms with Gasteiger partial charge in [0.1, 0.15) is 18.4 Å². The number of aryl methyl sites for hydroxylation is 1. The van der Waals surface area contributed by atoms with Crippen LogP contribution in [-0.4, -0.2) is 30.1 Å². The van der Waals surface area contributed by atoms with E-state index in [0.717, 1.165) is 12.1 Å². The Morgan fingerprint density at radius 2 is 1.96 bits per heavy atom. The van der Waals surface area contributed by atoms with Crippen LogP contribution in [0.25, 0.3) is 0 Å². The van der Waals surface area contributed by atoms with Gasteiger partial charge in [-0.3, -0.25) is 4.79 Å². The lowest BCUT2D eigenvalue weighted by Crippen LogP contribution is -2.41. The second kappa shape index (κ2) is 6.62. The Labute approximate surface area is 141 Å². The van der Waals surface area contributed by atoms with Gasteiger partial charge < -0.3 is 14.8 Å². The summed E-state index contributed by atoms with van der Waals surface area (Å²) in [6.45, 7) is 1.79. The van der Waals surface area contributed by atoms with Gasteiger partial charge in [-0.2, -0.15) is 13.2 Å². The van der Waals surface area contributed by atoms with Crippen LogP contribution in [0, 0.1) is 6.92 Å². The summed E-state index contributed by atoms with van der Waals surface area (Å²) in [4.78, 5) is 15.6. The van der Waals surface area contributed by atoms with Crippen LogP contribution >= 0.6 is 0 Å². The number of rotatable bonds is 3. The molecule has 0 fully saturated rings. The number of hydrogen-bond acceptors (Lipinski definition) is 4. The van der Waals surface area contributed by atoms with Gasteiger partial charge in [-0.05, 0) is 31.2 Å². The van der Waals surface area contributed by atoms with Crippen molar-refractivity contribution >= 4 is 5.91 Å². The van der Waals surface area contributed by atoms with E-state index in [9.17, 15) is 18.0 Å². The van der Waals surface area contributed by atoms with Crippen molar-refractivity contribution in [2.24, 2.45) is 0 Å². The fourth-order valence-electron chi connectivity index (χ4n) is 2.42. The number of carbonyl (C=O) groups is 1. The van der Waals surface area contributed by atoms with Crippen LogP contribution in [0.15, 0.2) is 36.4 Å². The lowest BCUT2D eigenvalue weighted by Gasteiger charge is -2.26. The Hall–Kier alpha value is -2.77. The van der Waals surface area contributed by atoms with E-state index in [0.29, 0.717) is 11.5 Å². The molecule has 1 aromatic carbocycles. The van der Waals surface area contributed by atoms with Crippen molar-refractivity contribution in [1.82, 2.24) is 10.3 Å². The number of nitrogens with zero attached hydrogens (tertiary/aromatic N) is 1. The number of aromatic nitrogens is 1. The molecule has 1 aliphatic rings. The number of carbonyl (C=O) groups excluding carboxylic acids is 1. The van der Waals surface area contributed by atoms with Crippen molar-refractivity contribution in [3.63, 3.8) is 0 Å². The van der Waals surface area contributed by atoms with Crippen molar-refractivity contribution in [2.75, 3.05) is 13.2 Å². The predicted octanol–water partition coefficient (Wildman–Crippen LogP) is 2.98. The Morgan fingerprint density at radius 1 is 1.24 bits per heavy atom. The summed E-state index contributed by atoms with van der Waals surface area (Å²) in [5.74, 6) is 0.703. The molecular formula is C17H15F3N2O3. The van der Waals surface area contributed by atoms with Crippen LogP contribution in [0.3, 0.4) is 0 Å². The van der Waals surface area contributed by atoms with E-state index in [1.54, 1.807) is 18.2 Å². The molecule has 0 bridgehead atoms. The average Bonchev–Trinajstić information content (AvgIpc) is 2.58. The molecule has 1 amide bonds. The van der Waals surface area contributed by atoms with Crippen molar-refractivity contribution in [3.05, 3.63) is 53.3 Å². The number of nitrogens with one attached hydrogen (secondary N) is 1. The average molecular weight is 352 g/mol. The molecule has 2 heterocycles. The minimum atomic E-state index is -4.54. The number of ether oxygens (including phenoxy) is 2. The highest BCUT2D eigenvalue weighted by Gasteiger charge is 2.33. The Morgan fingerprint density at radius 3 is 2.64 bits per heavy atom. The first-order chi connectivity index (χ1) is 11.8. The molecule has 2 aromatic rings. The highest BCUT2D eigenvalue weighted by atomic mass is 19.4. The van der Waals surface area contributed by atoms with Gasteiger partial charge in [0.25, 0.3) is 5.91 Å². The fraction of sp³-hybridized carbons (Fsp3) is 0.294. The molecule has 25 heavy (non-hydrogen) atoms. The van der Waals surface area contributed by atoms with Crippen molar-refractivity contribution < 1.29 is 27.4 Å². The van der Waals surface area contributed by atoms with Gasteiger partial charge in [0.15, 0.2) is 11.5 Å². The van der Waals surface area contributed by atoms with E-state index < -0.39 is 17.8 Å². The lowest BCUT2D eigenvalue weighted by atomic mass is 10.1. The number of pyridine rings is 1. The molecule has 5 nitrogen and oxygen atoms in total. The zero-order chi connectivity index (χ0) is 18.0. The monoisotopic (exact) mass is 352 g/mol. The molecule has 1 aromatic heterocycles. The SMILES string of the molecule is Cc1nc(C(F)(F)F)ccc1C(=O)NCC1COc2ccccc2O1. The number of benzene rings is 1. The summed E-state index contributed by atoms with van der Waals surface area (Å²) in [5, 5.41) is 2.63. The van der Waals surface area contributed by atoms with Crippen LogP contribution in [0.4, 0.5) is 13.2 Å². The summed E-state index contributed by atoms with van der Waals surface area (Å²) in [7, 11) is 0. The number of fused-ring (bicyclic) bond motifs is 1. The second-order valence-corrected chi connectivity index (χ2v) is 5.53. The first-order valence-electron chi connectivity index (χ1n) is 7.56. The highest BCUT2D eigenvalue weighted by Crippen LogP contribution is 2.31. The van der Waals surface area contributed by atoms with Crippen LogP contribution in [0.1, 0.15) is 21.7 Å². The van der Waals surface area contributed by atoms with Crippen molar-refractivity contribution in [3.8, 4) is 11.5 Å². The van der Waals surface area contributed by atoms with E-state index in [4.69, 9.17) is 9.47 Å². The van der Waals surface area contributed by atoms with Crippen LogP contribution in [0.2, 0.25) is 0 Å². The van der Waals surface area contributed by atoms with E-state index in [-0.39, 0.29) is 30.5 Å². The predicted molar refractivity (Wildman–Crippen MR) is 82.7 cm³/mol. The maximum Gasteiger partial charge on any atom is 0.433 e. The first-order valence-corrected chi connectivity index (χ1v) is 7.56. The molecule has 0 aliphatic carbocycles. The quantitative estimate of drug-likeness (QED) is 0.923. The topological polar surface area (TPSA) is 60.5 Å². The Bertz CT molecular complexity index is 793. The molecule has 3 rings (SSSR count). The summed E-state index contributed by atoms with van der Waals surface area (Å²) < 4.78 is 49.1. The third-order valence-electron chi connectivity index (χ3n) is 3.68. The number of hydrogen-bond donors (Lipinski definition) is 1. The standard InChI is InChI=1S/C17H15F3N2O3/c1-10-12(6-7-15(22-10)17(18,19)20)16(23)21-8-11-9-24-13-4-2-3-5-14(13)25-11/h2-7,11H,8-9H2,1H3,(H,21,23). The van der Waals surface area contributed by atoms with Gasteiger partial charge >= 0.3 is 6.18 Å². The van der Waals surface area contributed by atoms with Gasteiger partial charge in [0.2, 0.25) is 0 Å². The molecule has 0 saturated heterocycles. The Kier molecular flexibility index (Phi) is 4.52. The molecule has 1 N–H and O–H groups in total. The zero-order valence-corrected chi connectivity index (χ0v) is 13.3. The van der Waals surface area contributed by atoms with E-state index in [2.05, 4.69) is 10.3 Å². The maximum absolute atomic E-state index is 12.6. The molecule has 0 spiro atoms. The van der Waals surface area contributed by atoms with E-state index in [1.165, 1.54) is 6.92 Å². The summed E-state index contributed by atoms with van der Waals surface area (Å²) in [6, 6.07) is 9.08. The van der Waals surface area contributed by atoms with E-state index in [1.807, 2.05) is 6.07 Å². The largest absolute Gasteiger partial charge is 0.486 e. The van der Waals surface area contributed by atoms with E-state index >= 15 is 0 Å². The molecule has 0 radical (unpaired) electrons. The van der Waals surface area contributed by atoms with Crippen molar-refractivity contribution in [1.29, 1.82) is 0 Å². The summed E-state index contributed by atoms with van der Waals surface area (Å²) in [6.07, 6.45) is -4.93. The smallest absolute Gasteiger partial charge is 0.433 e. The normalized spacial score (nSPS) is 16.4. The first kappa shape index (κ1) is 17.1. The van der Waals surface area contributed by atoms with Crippen LogP contribution in [0.5, 0.6) is 11.5 Å².